The van der Waals surface area contributed by atoms with Crippen LogP contribution < -0.4 is 5.32 Å². The summed E-state index contributed by atoms with van der Waals surface area (Å²) < 4.78 is 6.38. The molecule has 20 heavy (non-hydrogen) atoms. The first-order valence-electron chi connectivity index (χ1n) is 6.29. The van der Waals surface area contributed by atoms with E-state index in [1.165, 1.54) is 12.0 Å². The number of anilines is 1. The first-order chi connectivity index (χ1) is 9.83. The second kappa shape index (κ2) is 5.92. The van der Waals surface area contributed by atoms with Crippen molar-refractivity contribution >= 4 is 21.6 Å². The maximum Gasteiger partial charge on any atom is 0.181 e. The first kappa shape index (κ1) is 12.9. The number of nitrogens with one attached hydrogen (secondary N) is 1. The molecule has 3 aromatic rings. The molecular weight excluding hydrogens is 316 g/mol. The summed E-state index contributed by atoms with van der Waals surface area (Å²) in [5, 5.41) is 3.40. The zero-order valence-corrected chi connectivity index (χ0v) is 12.3. The van der Waals surface area contributed by atoms with E-state index in [2.05, 4.69) is 32.3 Å². The third-order valence-electron chi connectivity index (χ3n) is 3.04. The van der Waals surface area contributed by atoms with Gasteiger partial charge in [0.05, 0.1) is 6.20 Å². The van der Waals surface area contributed by atoms with Crippen LogP contribution in [0.1, 0.15) is 5.56 Å². The van der Waals surface area contributed by atoms with E-state index in [-0.39, 0.29) is 0 Å². The molecule has 3 rings (SSSR count). The fourth-order valence-corrected chi connectivity index (χ4v) is 2.37. The second-order valence-corrected chi connectivity index (χ2v) is 5.24. The van der Waals surface area contributed by atoms with Crippen molar-refractivity contribution in [1.82, 2.24) is 4.98 Å². The third kappa shape index (κ3) is 2.91. The van der Waals surface area contributed by atoms with Gasteiger partial charge in [-0.25, -0.2) is 4.98 Å². The molecule has 0 fully saturated rings. The Balaban J connectivity index is 1.68. The smallest absolute Gasteiger partial charge is 0.181 e. The van der Waals surface area contributed by atoms with Crippen molar-refractivity contribution in [3.63, 3.8) is 0 Å². The van der Waals surface area contributed by atoms with Gasteiger partial charge in [-0.1, -0.05) is 34.1 Å². The number of oxazole rings is 1. The van der Waals surface area contributed by atoms with E-state index in [9.17, 15) is 0 Å². The van der Waals surface area contributed by atoms with Crippen LogP contribution in [0, 0.1) is 0 Å². The molecule has 1 N–H and O–H groups in total. The van der Waals surface area contributed by atoms with E-state index in [1.807, 2.05) is 42.5 Å². The summed E-state index contributed by atoms with van der Waals surface area (Å²) in [6.07, 6.45) is 3.15. The van der Waals surface area contributed by atoms with Crippen molar-refractivity contribution < 1.29 is 4.42 Å². The summed E-state index contributed by atoms with van der Waals surface area (Å²) in [6.45, 7) is 0.781. The molecule has 1 aromatic heterocycles. The summed E-state index contributed by atoms with van der Waals surface area (Å²) in [5.74, 6) is 0.780. The van der Waals surface area contributed by atoms with E-state index in [1.54, 1.807) is 6.20 Å². The molecular formula is C16H13BrN2O. The van der Waals surface area contributed by atoms with Crippen LogP contribution in [0.15, 0.2) is 70.0 Å². The van der Waals surface area contributed by atoms with Crippen molar-refractivity contribution in [3.05, 3.63) is 71.2 Å². The van der Waals surface area contributed by atoms with Gasteiger partial charge in [-0.15, -0.1) is 0 Å². The predicted molar refractivity (Wildman–Crippen MR) is 83.4 cm³/mol. The second-order valence-electron chi connectivity index (χ2n) is 4.39. The lowest BCUT2D eigenvalue weighted by Crippen LogP contribution is -1.99. The molecule has 0 saturated carbocycles. The minimum absolute atomic E-state index is 0.780. The summed E-state index contributed by atoms with van der Waals surface area (Å²) in [5.41, 5.74) is 3.32. The number of rotatable bonds is 4. The lowest BCUT2D eigenvalue weighted by atomic mass is 10.1. The number of nitrogens with zero attached hydrogens (tertiary/aromatic N) is 1. The average molecular weight is 329 g/mol. The molecule has 0 atom stereocenters. The molecule has 1 heterocycles. The highest BCUT2D eigenvalue weighted by atomic mass is 79.9. The summed E-state index contributed by atoms with van der Waals surface area (Å²) in [6, 6.07) is 16.3. The van der Waals surface area contributed by atoms with Gasteiger partial charge >= 0.3 is 0 Å². The van der Waals surface area contributed by atoms with Crippen molar-refractivity contribution in [2.45, 2.75) is 6.54 Å². The van der Waals surface area contributed by atoms with E-state index in [0.717, 1.165) is 28.0 Å². The fourth-order valence-electron chi connectivity index (χ4n) is 1.95. The van der Waals surface area contributed by atoms with Crippen LogP contribution in [-0.4, -0.2) is 4.98 Å². The first-order valence-corrected chi connectivity index (χ1v) is 7.08. The van der Waals surface area contributed by atoms with Gasteiger partial charge in [-0.2, -0.15) is 0 Å². The molecule has 0 spiro atoms. The van der Waals surface area contributed by atoms with Gasteiger partial charge in [-0.3, -0.25) is 0 Å². The van der Waals surface area contributed by atoms with Gasteiger partial charge in [0.15, 0.2) is 12.2 Å². The molecule has 0 amide bonds. The highest BCUT2D eigenvalue weighted by Crippen LogP contribution is 2.22. The summed E-state index contributed by atoms with van der Waals surface area (Å²) in [7, 11) is 0. The zero-order chi connectivity index (χ0) is 13.8. The average Bonchev–Trinajstić information content (AvgIpc) is 3.01. The fraction of sp³-hybridized carbons (Fsp3) is 0.0625. The van der Waals surface area contributed by atoms with Crippen LogP contribution >= 0.6 is 15.9 Å². The third-order valence-corrected chi connectivity index (χ3v) is 3.82. The number of aromatic nitrogens is 1. The molecule has 100 valence electrons. The van der Waals surface area contributed by atoms with Crippen molar-refractivity contribution in [1.29, 1.82) is 0 Å². The SMILES string of the molecule is Brc1ccccc1CNc1ccc(-c2cnco2)cc1. The Labute approximate surface area is 125 Å². The Morgan fingerprint density at radius 3 is 2.55 bits per heavy atom. The molecule has 0 aliphatic rings. The summed E-state index contributed by atoms with van der Waals surface area (Å²) in [4.78, 5) is 3.92. The van der Waals surface area contributed by atoms with Crippen LogP contribution in [0.5, 0.6) is 0 Å². The minimum Gasteiger partial charge on any atom is -0.444 e. The number of halogens is 1. The molecule has 0 bridgehead atoms. The minimum atomic E-state index is 0.780. The Morgan fingerprint density at radius 2 is 1.85 bits per heavy atom. The van der Waals surface area contributed by atoms with Crippen LogP contribution in [0.25, 0.3) is 11.3 Å². The van der Waals surface area contributed by atoms with Gasteiger partial charge in [0.1, 0.15) is 0 Å². The predicted octanol–water partition coefficient (Wildman–Crippen LogP) is 4.72. The monoisotopic (exact) mass is 328 g/mol. The van der Waals surface area contributed by atoms with Crippen LogP contribution in [0.4, 0.5) is 5.69 Å². The normalized spacial score (nSPS) is 10.4. The molecule has 0 radical (unpaired) electrons. The molecule has 2 aromatic carbocycles. The molecule has 0 aliphatic carbocycles. The van der Waals surface area contributed by atoms with Gasteiger partial charge in [0, 0.05) is 22.3 Å². The number of hydrogen-bond acceptors (Lipinski definition) is 3. The topological polar surface area (TPSA) is 38.1 Å². The van der Waals surface area contributed by atoms with E-state index >= 15 is 0 Å². The van der Waals surface area contributed by atoms with Crippen LogP contribution in [0.2, 0.25) is 0 Å². The standard InChI is InChI=1S/C16H13BrN2O/c17-15-4-2-1-3-13(15)9-19-14-7-5-12(6-8-14)16-10-18-11-20-16/h1-8,10-11,19H,9H2. The van der Waals surface area contributed by atoms with Crippen molar-refractivity contribution in [2.24, 2.45) is 0 Å². The Hall–Kier alpha value is -2.07. The molecule has 0 saturated heterocycles. The molecule has 0 aliphatic heterocycles. The van der Waals surface area contributed by atoms with E-state index < -0.39 is 0 Å². The Morgan fingerprint density at radius 1 is 1.05 bits per heavy atom. The van der Waals surface area contributed by atoms with Crippen LogP contribution in [0.3, 0.4) is 0 Å². The molecule has 4 heteroatoms. The number of benzene rings is 2. The quantitative estimate of drug-likeness (QED) is 0.753. The van der Waals surface area contributed by atoms with Gasteiger partial charge in [-0.05, 0) is 35.9 Å². The Bertz CT molecular complexity index is 678. The van der Waals surface area contributed by atoms with E-state index in [0.29, 0.717) is 0 Å². The van der Waals surface area contributed by atoms with Crippen LogP contribution in [-0.2, 0) is 6.54 Å². The highest BCUT2D eigenvalue weighted by molar-refractivity contribution is 9.10. The Kier molecular flexibility index (Phi) is 3.83. The lowest BCUT2D eigenvalue weighted by molar-refractivity contribution is 0.572. The van der Waals surface area contributed by atoms with Gasteiger partial charge in [0.25, 0.3) is 0 Å². The zero-order valence-electron chi connectivity index (χ0n) is 10.7. The van der Waals surface area contributed by atoms with Crippen molar-refractivity contribution in [3.8, 4) is 11.3 Å². The van der Waals surface area contributed by atoms with E-state index in [4.69, 9.17) is 4.42 Å². The maximum absolute atomic E-state index is 5.27. The largest absolute Gasteiger partial charge is 0.444 e. The number of hydrogen-bond donors (Lipinski definition) is 1. The molecule has 3 nitrogen and oxygen atoms in total. The molecule has 0 unspecified atom stereocenters. The lowest BCUT2D eigenvalue weighted by Gasteiger charge is -2.08. The van der Waals surface area contributed by atoms with Gasteiger partial charge < -0.3 is 9.73 Å². The van der Waals surface area contributed by atoms with Crippen molar-refractivity contribution in [2.75, 3.05) is 5.32 Å². The summed E-state index contributed by atoms with van der Waals surface area (Å²) >= 11 is 3.55. The highest BCUT2D eigenvalue weighted by Gasteiger charge is 2.02. The van der Waals surface area contributed by atoms with Gasteiger partial charge in [0.2, 0.25) is 0 Å². The maximum atomic E-state index is 5.27.